The molecule has 220 valence electrons. The Labute approximate surface area is 242 Å². The van der Waals surface area contributed by atoms with Crippen molar-refractivity contribution < 1.29 is 36.9 Å². The summed E-state index contributed by atoms with van der Waals surface area (Å²) in [5.74, 6) is -0.336. The van der Waals surface area contributed by atoms with Gasteiger partial charge in [-0.05, 0) is 58.1 Å². The second-order valence-corrected chi connectivity index (χ2v) is 10.5. The molecule has 3 aromatic carbocycles. The molecular formula is C30H29F4N3O4Si. The molecule has 1 heterocycles. The molecule has 12 heteroatoms. The number of nitrogens with zero attached hydrogens (tertiary/aromatic N) is 2. The zero-order chi connectivity index (χ0) is 30.1. The molecule has 0 unspecified atom stereocenters. The first-order valence-electron chi connectivity index (χ1n) is 13.1. The van der Waals surface area contributed by atoms with Crippen molar-refractivity contribution in [3.8, 4) is 5.75 Å². The summed E-state index contributed by atoms with van der Waals surface area (Å²) in [4.78, 5) is 10.6. The minimum Gasteiger partial charge on any atom is -0.492 e. The van der Waals surface area contributed by atoms with E-state index < -0.39 is 24.6 Å². The van der Waals surface area contributed by atoms with E-state index in [-0.39, 0.29) is 36.4 Å². The number of amides is 1. The fourth-order valence-corrected chi connectivity index (χ4v) is 4.80. The number of hydrogen-bond acceptors (Lipinski definition) is 4. The topological polar surface area (TPSA) is 85.6 Å². The van der Waals surface area contributed by atoms with Crippen molar-refractivity contribution in [2.24, 2.45) is 0 Å². The maximum absolute atomic E-state index is 15.0. The van der Waals surface area contributed by atoms with Crippen LogP contribution < -0.4 is 10.1 Å². The highest BCUT2D eigenvalue weighted by molar-refractivity contribution is 6.33. The second kappa shape index (κ2) is 14.1. The van der Waals surface area contributed by atoms with Crippen molar-refractivity contribution in [3.05, 3.63) is 95.4 Å². The molecule has 2 N–H and O–H groups in total. The van der Waals surface area contributed by atoms with E-state index in [1.807, 2.05) is 0 Å². The Bertz CT molecular complexity index is 1520. The van der Waals surface area contributed by atoms with Gasteiger partial charge in [-0.3, -0.25) is 0 Å². The molecule has 4 aromatic rings. The molecule has 1 amide bonds. The van der Waals surface area contributed by atoms with E-state index in [0.717, 1.165) is 15.6 Å². The molecular weight excluding hydrogens is 570 g/mol. The minimum absolute atomic E-state index is 0.0262. The highest BCUT2D eigenvalue weighted by Gasteiger charge is 2.31. The first-order valence-corrected chi connectivity index (χ1v) is 14.8. The third-order valence-corrected chi connectivity index (χ3v) is 7.00. The van der Waals surface area contributed by atoms with E-state index in [1.165, 1.54) is 10.7 Å². The lowest BCUT2D eigenvalue weighted by atomic mass is 9.87. The molecule has 0 atom stereocenters. The fraction of sp³-hybridized carbons (Fsp3) is 0.267. The van der Waals surface area contributed by atoms with Crippen LogP contribution in [0.1, 0.15) is 23.1 Å². The number of alkyl halides is 3. The number of halogens is 4. The highest BCUT2D eigenvalue weighted by Crippen LogP contribution is 2.40. The van der Waals surface area contributed by atoms with Gasteiger partial charge in [0.25, 0.3) is 0 Å². The summed E-state index contributed by atoms with van der Waals surface area (Å²) in [6.45, 7) is 2.76. The zero-order valence-corrected chi connectivity index (χ0v) is 23.7. The molecule has 0 bridgehead atoms. The van der Waals surface area contributed by atoms with E-state index in [2.05, 4.69) is 17.0 Å². The number of fused-ring (bicyclic) bond motifs is 1. The lowest BCUT2D eigenvalue weighted by Crippen LogP contribution is -2.26. The summed E-state index contributed by atoms with van der Waals surface area (Å²) in [5.41, 5.74) is 2.00. The van der Waals surface area contributed by atoms with Gasteiger partial charge in [0.15, 0.2) is 0 Å². The Kier molecular flexibility index (Phi) is 10.4. The number of benzene rings is 3. The Morgan fingerprint density at radius 1 is 1.00 bits per heavy atom. The molecule has 0 aliphatic heterocycles. The van der Waals surface area contributed by atoms with Crippen molar-refractivity contribution in [2.75, 3.05) is 19.8 Å². The van der Waals surface area contributed by atoms with Crippen LogP contribution in [0.3, 0.4) is 0 Å². The predicted molar refractivity (Wildman–Crippen MR) is 153 cm³/mol. The first-order chi connectivity index (χ1) is 20.2. The average molecular weight is 600 g/mol. The van der Waals surface area contributed by atoms with Crippen LogP contribution >= 0.6 is 0 Å². The summed E-state index contributed by atoms with van der Waals surface area (Å²) >= 11 is 0. The summed E-state index contributed by atoms with van der Waals surface area (Å²) < 4.78 is 69.5. The standard InChI is InChI=1S/C30H29F4N3O4Si/c1-42-16-15-40-19-37-26-12-9-22(17-24(26)28(31)36-37)27(25(18-30(32,33)34)20-5-3-2-4-6-20)21-7-10-23(11-8-21)41-14-13-35-29(38)39/h2-12,17,35H,13-16,18-19H2,1H3,(H,38,39)/b27-25+. The highest BCUT2D eigenvalue weighted by atomic mass is 28.2. The van der Waals surface area contributed by atoms with Crippen molar-refractivity contribution in [1.29, 1.82) is 0 Å². The second-order valence-electron chi connectivity index (χ2n) is 9.28. The van der Waals surface area contributed by atoms with Gasteiger partial charge in [-0.1, -0.05) is 55.1 Å². The largest absolute Gasteiger partial charge is 0.492 e. The van der Waals surface area contributed by atoms with E-state index >= 15 is 4.39 Å². The van der Waals surface area contributed by atoms with Gasteiger partial charge in [0.05, 0.1) is 23.9 Å². The maximum atomic E-state index is 15.0. The van der Waals surface area contributed by atoms with Crippen LogP contribution in [-0.4, -0.2) is 56.4 Å². The average Bonchev–Trinajstić information content (AvgIpc) is 3.28. The van der Waals surface area contributed by atoms with Gasteiger partial charge in [0.2, 0.25) is 5.95 Å². The maximum Gasteiger partial charge on any atom is 0.404 e. The first kappa shape index (κ1) is 30.8. The molecule has 4 rings (SSSR count). The molecule has 2 radical (unpaired) electrons. The van der Waals surface area contributed by atoms with Gasteiger partial charge in [0.1, 0.15) is 19.1 Å². The number of nitrogens with one attached hydrogen (secondary N) is 1. The summed E-state index contributed by atoms with van der Waals surface area (Å²) in [6.07, 6.45) is -6.91. The number of carbonyl (C=O) groups is 1. The van der Waals surface area contributed by atoms with E-state index in [4.69, 9.17) is 14.6 Å². The number of aromatic nitrogens is 2. The smallest absolute Gasteiger partial charge is 0.404 e. The van der Waals surface area contributed by atoms with E-state index in [0.29, 0.717) is 34.6 Å². The number of carboxylic acid groups (broad SMARTS) is 1. The zero-order valence-electron chi connectivity index (χ0n) is 22.7. The van der Waals surface area contributed by atoms with Crippen molar-refractivity contribution in [1.82, 2.24) is 15.1 Å². The quantitative estimate of drug-likeness (QED) is 0.0758. The van der Waals surface area contributed by atoms with Crippen LogP contribution in [-0.2, 0) is 11.5 Å². The molecule has 0 spiro atoms. The molecule has 0 saturated carbocycles. The lowest BCUT2D eigenvalue weighted by Gasteiger charge is -2.19. The van der Waals surface area contributed by atoms with Gasteiger partial charge in [-0.25, -0.2) is 9.48 Å². The van der Waals surface area contributed by atoms with Crippen LogP contribution in [0.4, 0.5) is 22.4 Å². The lowest BCUT2D eigenvalue weighted by molar-refractivity contribution is -0.122. The van der Waals surface area contributed by atoms with E-state index in [9.17, 15) is 18.0 Å². The molecule has 7 nitrogen and oxygen atoms in total. The summed E-state index contributed by atoms with van der Waals surface area (Å²) in [7, 11) is 0.726. The Balaban J connectivity index is 1.80. The molecule has 42 heavy (non-hydrogen) atoms. The number of allylic oxidation sites excluding steroid dienone is 1. The third kappa shape index (κ3) is 8.20. The van der Waals surface area contributed by atoms with Crippen LogP contribution in [0, 0.1) is 5.95 Å². The Hall–Kier alpha value is -4.16. The monoisotopic (exact) mass is 599 g/mol. The van der Waals surface area contributed by atoms with Crippen LogP contribution in [0.2, 0.25) is 12.6 Å². The van der Waals surface area contributed by atoms with Crippen molar-refractivity contribution in [3.63, 3.8) is 0 Å². The van der Waals surface area contributed by atoms with Crippen molar-refractivity contribution in [2.45, 2.75) is 31.9 Å². The van der Waals surface area contributed by atoms with Crippen LogP contribution in [0.15, 0.2) is 72.8 Å². The summed E-state index contributed by atoms with van der Waals surface area (Å²) in [5, 5.41) is 15.0. The van der Waals surface area contributed by atoms with Gasteiger partial charge < -0.3 is 19.9 Å². The number of ether oxygens (including phenoxy) is 2. The van der Waals surface area contributed by atoms with Gasteiger partial charge in [0, 0.05) is 16.1 Å². The summed E-state index contributed by atoms with van der Waals surface area (Å²) in [6, 6.07) is 20.4. The van der Waals surface area contributed by atoms with Crippen LogP contribution in [0.25, 0.3) is 22.0 Å². The number of rotatable bonds is 13. The number of hydrogen-bond donors (Lipinski definition) is 2. The Morgan fingerprint density at radius 3 is 2.38 bits per heavy atom. The molecule has 0 aliphatic rings. The van der Waals surface area contributed by atoms with E-state index in [1.54, 1.807) is 66.7 Å². The Morgan fingerprint density at radius 2 is 1.71 bits per heavy atom. The molecule has 0 saturated heterocycles. The fourth-order valence-electron chi connectivity index (χ4n) is 4.45. The normalized spacial score (nSPS) is 12.3. The van der Waals surface area contributed by atoms with Gasteiger partial charge in [-0.15, -0.1) is 5.10 Å². The SMILES string of the molecule is C[Si]CCOCn1nc(F)c2cc(/C(=C(\CC(F)(F)F)c3ccccc3)c3ccc(OCCNC(=O)O)cc3)ccc21. The molecule has 1 aromatic heterocycles. The third-order valence-electron chi connectivity index (χ3n) is 6.30. The van der Waals surface area contributed by atoms with Crippen molar-refractivity contribution >= 4 is 37.7 Å². The predicted octanol–water partition coefficient (Wildman–Crippen LogP) is 6.88. The molecule has 0 fully saturated rings. The van der Waals surface area contributed by atoms with Crippen LogP contribution in [0.5, 0.6) is 5.75 Å². The molecule has 0 aliphatic carbocycles. The van der Waals surface area contributed by atoms with Gasteiger partial charge in [-0.2, -0.15) is 17.6 Å². The van der Waals surface area contributed by atoms with Gasteiger partial charge >= 0.3 is 12.3 Å². The minimum atomic E-state index is -4.52.